The number of nitrogens with two attached hydrogens (primary N) is 1. The number of primary amides is 1. The predicted octanol–water partition coefficient (Wildman–Crippen LogP) is 1.02. The van der Waals surface area contributed by atoms with Gasteiger partial charge in [-0.3, -0.25) is 19.3 Å². The Kier molecular flexibility index (Phi) is 11.0. The molecule has 2 aromatic rings. The van der Waals surface area contributed by atoms with Gasteiger partial charge < -0.3 is 26.2 Å². The summed E-state index contributed by atoms with van der Waals surface area (Å²) in [5, 5.41) is 6.11. The lowest BCUT2D eigenvalue weighted by Crippen LogP contribution is -2.44. The zero-order valence-electron chi connectivity index (χ0n) is 23.3. The number of likely N-dealkylation sites (N-methyl/N-ethyl adjacent to an activating group) is 1. The van der Waals surface area contributed by atoms with Gasteiger partial charge in [0, 0.05) is 40.4 Å². The molecule has 0 aliphatic rings. The van der Waals surface area contributed by atoms with Crippen LogP contribution in [0.4, 0.5) is 17.3 Å². The molecule has 0 aliphatic carbocycles. The maximum atomic E-state index is 12.6. The molecule has 1 aromatic carbocycles. The van der Waals surface area contributed by atoms with Crippen LogP contribution in [-0.4, -0.2) is 91.9 Å². The van der Waals surface area contributed by atoms with Gasteiger partial charge in [-0.15, -0.1) is 0 Å². The molecule has 204 valence electrons. The normalized spacial score (nSPS) is 11.3. The maximum absolute atomic E-state index is 12.6. The van der Waals surface area contributed by atoms with E-state index in [0.29, 0.717) is 37.4 Å². The van der Waals surface area contributed by atoms with E-state index in [4.69, 9.17) is 5.73 Å². The van der Waals surface area contributed by atoms with Crippen molar-refractivity contribution >= 4 is 35.0 Å². The smallest absolute Gasteiger partial charge is 0.297 e. The topological polar surface area (TPSA) is 137 Å². The summed E-state index contributed by atoms with van der Waals surface area (Å²) in [6.45, 7) is 4.47. The average Bonchev–Trinajstić information content (AvgIpc) is 2.87. The molecule has 1 atom stereocenters. The number of aromatic nitrogens is 2. The molecule has 0 aliphatic heterocycles. The minimum atomic E-state index is -0.659. The molecule has 11 heteroatoms. The number of carbonyl (C=O) groups excluding carboxylic acids is 3. The quantitative estimate of drug-likeness (QED) is 0.372. The number of nitrogens with zero attached hydrogens (tertiary/aromatic N) is 5. The van der Waals surface area contributed by atoms with Gasteiger partial charge in [-0.25, -0.2) is 9.97 Å². The fourth-order valence-electron chi connectivity index (χ4n) is 3.42. The van der Waals surface area contributed by atoms with Crippen molar-refractivity contribution < 1.29 is 14.4 Å². The largest absolute Gasteiger partial charge is 0.364 e. The van der Waals surface area contributed by atoms with Crippen LogP contribution in [0, 0.1) is 11.8 Å². The highest BCUT2D eigenvalue weighted by Crippen LogP contribution is 2.24. The van der Waals surface area contributed by atoms with E-state index in [0.717, 1.165) is 11.3 Å². The maximum Gasteiger partial charge on any atom is 0.297 e. The Morgan fingerprint density at radius 3 is 2.42 bits per heavy atom. The summed E-state index contributed by atoms with van der Waals surface area (Å²) in [5.41, 5.74) is 8.05. The van der Waals surface area contributed by atoms with Gasteiger partial charge in [0.1, 0.15) is 0 Å². The first-order chi connectivity index (χ1) is 17.9. The van der Waals surface area contributed by atoms with E-state index in [1.54, 1.807) is 33.0 Å². The van der Waals surface area contributed by atoms with Gasteiger partial charge in [0.25, 0.3) is 11.8 Å². The molecule has 3 amide bonds. The lowest BCUT2D eigenvalue weighted by molar-refractivity contribution is -0.125. The van der Waals surface area contributed by atoms with Gasteiger partial charge in [0.2, 0.25) is 5.91 Å². The van der Waals surface area contributed by atoms with Crippen molar-refractivity contribution in [2.24, 2.45) is 5.73 Å². The molecule has 0 bridgehead atoms. The summed E-state index contributed by atoms with van der Waals surface area (Å²) < 4.78 is 0. The lowest BCUT2D eigenvalue weighted by Gasteiger charge is -2.21. The number of hydrogen-bond acceptors (Lipinski definition) is 8. The molecule has 0 saturated heterocycles. The van der Waals surface area contributed by atoms with Crippen LogP contribution < -0.4 is 21.3 Å². The van der Waals surface area contributed by atoms with Crippen LogP contribution in [0.25, 0.3) is 0 Å². The van der Waals surface area contributed by atoms with Crippen molar-refractivity contribution in [1.29, 1.82) is 0 Å². The van der Waals surface area contributed by atoms with Crippen LogP contribution >= 0.6 is 0 Å². The fraction of sp³-hybridized carbons (Fsp3) is 0.444. The molecule has 2 rings (SSSR count). The Morgan fingerprint density at radius 1 is 1.11 bits per heavy atom. The Hall–Kier alpha value is -4.17. The Morgan fingerprint density at radius 2 is 1.82 bits per heavy atom. The van der Waals surface area contributed by atoms with Crippen molar-refractivity contribution in [3.8, 4) is 11.8 Å². The van der Waals surface area contributed by atoms with Gasteiger partial charge in [0.05, 0.1) is 18.3 Å². The third-order valence-electron chi connectivity index (χ3n) is 5.81. The summed E-state index contributed by atoms with van der Waals surface area (Å²) in [5.74, 6) is 5.22. The zero-order valence-corrected chi connectivity index (χ0v) is 23.3. The van der Waals surface area contributed by atoms with E-state index >= 15 is 0 Å². The fourth-order valence-corrected chi connectivity index (χ4v) is 3.42. The molecular formula is C27H38N8O3. The number of rotatable bonds is 11. The third-order valence-corrected chi connectivity index (χ3v) is 5.81. The first-order valence-electron chi connectivity index (χ1n) is 12.4. The second-order valence-electron chi connectivity index (χ2n) is 9.26. The second kappa shape index (κ2) is 13.9. The van der Waals surface area contributed by atoms with E-state index in [9.17, 15) is 14.4 Å². The molecule has 0 unspecified atom stereocenters. The molecule has 1 aromatic heterocycles. The van der Waals surface area contributed by atoms with Crippen molar-refractivity contribution in [2.75, 3.05) is 58.5 Å². The summed E-state index contributed by atoms with van der Waals surface area (Å²) >= 11 is 0. The first-order valence-corrected chi connectivity index (χ1v) is 12.4. The molecule has 11 nitrogen and oxygen atoms in total. The minimum absolute atomic E-state index is 0.0824. The van der Waals surface area contributed by atoms with Crippen LogP contribution in [0.2, 0.25) is 0 Å². The number of nitrogens with one attached hydrogen (secondary N) is 2. The van der Waals surface area contributed by atoms with Crippen molar-refractivity contribution in [1.82, 2.24) is 25.1 Å². The standard InChI is InChI=1S/C27H38N8O3/c1-8-21-26(34(5)6)32-25(23(31-21)24(28)37)30-20-12-9-11-19(17-20)14-15-29-27(38)18(2)35(7)16-10-13-22(36)33(3)4/h9,11-12,17-18H,8,14-16H2,1-7H3,(H2,28,37)(H,29,38)(H,30,32)/t18-/m0/s1. The highest BCUT2D eigenvalue weighted by atomic mass is 16.2. The van der Waals surface area contributed by atoms with Crippen molar-refractivity contribution in [2.45, 2.75) is 32.7 Å². The van der Waals surface area contributed by atoms with E-state index in [2.05, 4.69) is 32.4 Å². The van der Waals surface area contributed by atoms with Gasteiger partial charge in [-0.1, -0.05) is 25.0 Å². The molecule has 1 heterocycles. The van der Waals surface area contributed by atoms with Gasteiger partial charge >= 0.3 is 0 Å². The van der Waals surface area contributed by atoms with Crippen LogP contribution in [-0.2, 0) is 22.4 Å². The highest BCUT2D eigenvalue weighted by Gasteiger charge is 2.19. The number of hydrogen-bond donors (Lipinski definition) is 3. The molecule has 0 fully saturated rings. The van der Waals surface area contributed by atoms with E-state index in [-0.39, 0.29) is 23.3 Å². The highest BCUT2D eigenvalue weighted by molar-refractivity contribution is 5.96. The molecule has 0 radical (unpaired) electrons. The number of aryl methyl sites for hydroxylation is 1. The van der Waals surface area contributed by atoms with Crippen molar-refractivity contribution in [3.05, 3.63) is 41.2 Å². The second-order valence-corrected chi connectivity index (χ2v) is 9.26. The minimum Gasteiger partial charge on any atom is -0.364 e. The van der Waals surface area contributed by atoms with Crippen LogP contribution in [0.1, 0.15) is 35.6 Å². The Labute approximate surface area is 224 Å². The summed E-state index contributed by atoms with van der Waals surface area (Å²) in [6.07, 6.45) is 1.21. The molecule has 0 spiro atoms. The summed E-state index contributed by atoms with van der Waals surface area (Å²) in [4.78, 5) is 50.3. The first kappa shape index (κ1) is 30.1. The van der Waals surface area contributed by atoms with Gasteiger partial charge in [-0.2, -0.15) is 0 Å². The summed E-state index contributed by atoms with van der Waals surface area (Å²) in [6, 6.07) is 7.21. The van der Waals surface area contributed by atoms with Crippen LogP contribution in [0.15, 0.2) is 24.3 Å². The Bertz CT molecular complexity index is 1220. The predicted molar refractivity (Wildman–Crippen MR) is 149 cm³/mol. The average molecular weight is 523 g/mol. The van der Waals surface area contributed by atoms with Crippen molar-refractivity contribution in [3.63, 3.8) is 0 Å². The SMILES string of the molecule is CCc1nc(C(N)=O)c(Nc2cccc(CCNC(=O)[C@H](C)N(C)CC#CC(=O)N(C)C)c2)nc1N(C)C. The van der Waals surface area contributed by atoms with Crippen LogP contribution in [0.3, 0.4) is 0 Å². The molecule has 0 saturated carbocycles. The van der Waals surface area contributed by atoms with Gasteiger partial charge in [-0.05, 0) is 50.4 Å². The monoisotopic (exact) mass is 522 g/mol. The number of anilines is 3. The van der Waals surface area contributed by atoms with Gasteiger partial charge in [0.15, 0.2) is 17.3 Å². The number of carbonyl (C=O) groups is 3. The third kappa shape index (κ3) is 8.45. The van der Waals surface area contributed by atoms with E-state index in [1.165, 1.54) is 4.90 Å². The number of amides is 3. The van der Waals surface area contributed by atoms with E-state index < -0.39 is 11.9 Å². The zero-order chi connectivity index (χ0) is 28.4. The molecule has 4 N–H and O–H groups in total. The van der Waals surface area contributed by atoms with Crippen LogP contribution in [0.5, 0.6) is 0 Å². The lowest BCUT2D eigenvalue weighted by atomic mass is 10.1. The molecule has 38 heavy (non-hydrogen) atoms. The summed E-state index contributed by atoms with van der Waals surface area (Å²) in [7, 11) is 8.79. The van der Waals surface area contributed by atoms with E-state index in [1.807, 2.05) is 50.2 Å². The Balaban J connectivity index is 2.02. The molecular weight excluding hydrogens is 484 g/mol. The number of benzene rings is 1.